The van der Waals surface area contributed by atoms with E-state index < -0.39 is 0 Å². The molecule has 7 nitrogen and oxygen atoms in total. The van der Waals surface area contributed by atoms with Crippen LogP contribution in [-0.2, 0) is 0 Å². The zero-order valence-electron chi connectivity index (χ0n) is 11.2. The van der Waals surface area contributed by atoms with Crippen molar-refractivity contribution in [2.75, 3.05) is 0 Å². The zero-order chi connectivity index (χ0) is 15.1. The van der Waals surface area contributed by atoms with Gasteiger partial charge in [0, 0.05) is 11.5 Å². The maximum atomic E-state index is 11.2. The fraction of sp³-hybridized carbons (Fsp3) is 0. The number of non-ortho nitro benzene ring substituents is 1. The summed E-state index contributed by atoms with van der Waals surface area (Å²) in [7, 11) is 0. The molecule has 7 heteroatoms. The van der Waals surface area contributed by atoms with Gasteiger partial charge in [-0.25, -0.2) is 15.0 Å². The molecule has 0 fully saturated rings. The standard InChI is InChI=1S/C15H9N5O2/c21-20(22)14-6-5-13(10-3-1-2-4-11(10)14)19-9-18-12-7-16-8-17-15(12)19/h1-9H. The van der Waals surface area contributed by atoms with Crippen LogP contribution in [0.5, 0.6) is 0 Å². The molecule has 2 aromatic heterocycles. The van der Waals surface area contributed by atoms with E-state index in [4.69, 9.17) is 0 Å². The molecule has 0 saturated carbocycles. The topological polar surface area (TPSA) is 86.7 Å². The second-order valence-electron chi connectivity index (χ2n) is 4.75. The fourth-order valence-electron chi connectivity index (χ4n) is 2.58. The number of nitro groups is 1. The predicted octanol–water partition coefficient (Wildman–Crippen LogP) is 2.88. The van der Waals surface area contributed by atoms with Crippen molar-refractivity contribution in [2.45, 2.75) is 0 Å². The fourth-order valence-corrected chi connectivity index (χ4v) is 2.58. The molecule has 4 aromatic rings. The molecule has 4 rings (SSSR count). The Kier molecular flexibility index (Phi) is 2.59. The van der Waals surface area contributed by atoms with Gasteiger partial charge in [-0.05, 0) is 12.1 Å². The van der Waals surface area contributed by atoms with Crippen LogP contribution in [0.4, 0.5) is 5.69 Å². The van der Waals surface area contributed by atoms with E-state index in [9.17, 15) is 10.1 Å². The van der Waals surface area contributed by atoms with Crippen LogP contribution in [0.1, 0.15) is 0 Å². The largest absolute Gasteiger partial charge is 0.283 e. The van der Waals surface area contributed by atoms with Gasteiger partial charge in [-0.1, -0.05) is 18.2 Å². The number of imidazole rings is 1. The Balaban J connectivity index is 2.08. The lowest BCUT2D eigenvalue weighted by Crippen LogP contribution is -1.97. The third kappa shape index (κ3) is 1.72. The van der Waals surface area contributed by atoms with Gasteiger partial charge < -0.3 is 0 Å². The molecule has 0 N–H and O–H groups in total. The molecule has 0 bridgehead atoms. The third-order valence-electron chi connectivity index (χ3n) is 3.55. The van der Waals surface area contributed by atoms with E-state index in [1.807, 2.05) is 16.7 Å². The van der Waals surface area contributed by atoms with Gasteiger partial charge in [-0.2, -0.15) is 0 Å². The summed E-state index contributed by atoms with van der Waals surface area (Å²) in [5.41, 5.74) is 2.21. The minimum absolute atomic E-state index is 0.0818. The molecule has 0 saturated heterocycles. The van der Waals surface area contributed by atoms with Gasteiger partial charge in [0.2, 0.25) is 0 Å². The van der Waals surface area contributed by atoms with Crippen molar-refractivity contribution in [3.63, 3.8) is 0 Å². The highest BCUT2D eigenvalue weighted by Crippen LogP contribution is 2.31. The van der Waals surface area contributed by atoms with Gasteiger partial charge in [-0.3, -0.25) is 14.7 Å². The first kappa shape index (κ1) is 12.4. The molecule has 0 aliphatic carbocycles. The Hall–Kier alpha value is -3.35. The first-order chi connectivity index (χ1) is 10.8. The lowest BCUT2D eigenvalue weighted by Gasteiger charge is -2.08. The van der Waals surface area contributed by atoms with Crippen LogP contribution in [0.25, 0.3) is 27.6 Å². The summed E-state index contributed by atoms with van der Waals surface area (Å²) in [6, 6.07) is 10.4. The number of benzene rings is 2. The van der Waals surface area contributed by atoms with Crippen LogP contribution >= 0.6 is 0 Å². The van der Waals surface area contributed by atoms with Crippen LogP contribution in [0.15, 0.2) is 55.2 Å². The molecular formula is C15H9N5O2. The Morgan fingerprint density at radius 3 is 2.68 bits per heavy atom. The maximum Gasteiger partial charge on any atom is 0.277 e. The van der Waals surface area contributed by atoms with Gasteiger partial charge in [0.1, 0.15) is 18.2 Å². The Morgan fingerprint density at radius 2 is 1.86 bits per heavy atom. The minimum atomic E-state index is -0.375. The van der Waals surface area contributed by atoms with Crippen molar-refractivity contribution >= 4 is 27.6 Å². The number of nitro benzene ring substituents is 1. The Labute approximate surface area is 124 Å². The van der Waals surface area contributed by atoms with Crippen molar-refractivity contribution in [1.29, 1.82) is 0 Å². The molecule has 0 unspecified atom stereocenters. The van der Waals surface area contributed by atoms with Gasteiger partial charge in [0.15, 0.2) is 5.65 Å². The van der Waals surface area contributed by atoms with E-state index in [2.05, 4.69) is 15.0 Å². The highest BCUT2D eigenvalue weighted by atomic mass is 16.6. The van der Waals surface area contributed by atoms with Gasteiger partial charge in [-0.15, -0.1) is 0 Å². The summed E-state index contributed by atoms with van der Waals surface area (Å²) >= 11 is 0. The van der Waals surface area contributed by atoms with E-state index in [0.29, 0.717) is 16.6 Å². The van der Waals surface area contributed by atoms with Gasteiger partial charge in [0.25, 0.3) is 5.69 Å². The Bertz CT molecular complexity index is 1020. The number of hydrogen-bond acceptors (Lipinski definition) is 5. The summed E-state index contributed by atoms with van der Waals surface area (Å²) in [4.78, 5) is 23.3. The van der Waals surface area contributed by atoms with Crippen LogP contribution < -0.4 is 0 Å². The van der Waals surface area contributed by atoms with Crippen molar-refractivity contribution in [3.8, 4) is 5.69 Å². The number of fused-ring (bicyclic) bond motifs is 2. The van der Waals surface area contributed by atoms with E-state index in [1.54, 1.807) is 30.7 Å². The van der Waals surface area contributed by atoms with E-state index in [1.165, 1.54) is 12.4 Å². The van der Waals surface area contributed by atoms with E-state index in [0.717, 1.165) is 11.1 Å². The first-order valence-corrected chi connectivity index (χ1v) is 6.55. The number of hydrogen-bond donors (Lipinski definition) is 0. The van der Waals surface area contributed by atoms with Crippen molar-refractivity contribution in [1.82, 2.24) is 19.5 Å². The highest BCUT2D eigenvalue weighted by molar-refractivity contribution is 5.97. The van der Waals surface area contributed by atoms with Crippen LogP contribution in [0.2, 0.25) is 0 Å². The molecule has 0 radical (unpaired) electrons. The summed E-state index contributed by atoms with van der Waals surface area (Å²) in [6.45, 7) is 0. The second-order valence-corrected chi connectivity index (χ2v) is 4.75. The molecule has 0 aliphatic rings. The summed E-state index contributed by atoms with van der Waals surface area (Å²) in [5.74, 6) is 0. The molecule has 0 amide bonds. The molecule has 2 heterocycles. The summed E-state index contributed by atoms with van der Waals surface area (Å²) < 4.78 is 1.81. The second kappa shape index (κ2) is 4.59. The lowest BCUT2D eigenvalue weighted by molar-refractivity contribution is -0.383. The maximum absolute atomic E-state index is 11.2. The van der Waals surface area contributed by atoms with E-state index in [-0.39, 0.29) is 10.6 Å². The molecule has 2 aromatic carbocycles. The zero-order valence-corrected chi connectivity index (χ0v) is 11.2. The molecular weight excluding hydrogens is 282 g/mol. The molecule has 0 aliphatic heterocycles. The van der Waals surface area contributed by atoms with E-state index >= 15 is 0 Å². The number of nitrogens with zero attached hydrogens (tertiary/aromatic N) is 5. The van der Waals surface area contributed by atoms with Crippen molar-refractivity contribution < 1.29 is 4.92 Å². The van der Waals surface area contributed by atoms with Gasteiger partial charge in [0.05, 0.1) is 22.2 Å². The summed E-state index contributed by atoms with van der Waals surface area (Å²) in [6.07, 6.45) is 4.73. The average molecular weight is 291 g/mol. The Morgan fingerprint density at radius 1 is 1.05 bits per heavy atom. The van der Waals surface area contributed by atoms with Crippen LogP contribution in [0.3, 0.4) is 0 Å². The first-order valence-electron chi connectivity index (χ1n) is 6.55. The third-order valence-corrected chi connectivity index (χ3v) is 3.55. The monoisotopic (exact) mass is 291 g/mol. The molecule has 0 spiro atoms. The summed E-state index contributed by atoms with van der Waals surface area (Å²) in [5, 5.41) is 12.5. The molecule has 106 valence electrons. The number of rotatable bonds is 2. The quantitative estimate of drug-likeness (QED) is 0.418. The molecule has 0 atom stereocenters. The molecule has 22 heavy (non-hydrogen) atoms. The SMILES string of the molecule is O=[N+]([O-])c1ccc(-n2cnc3cncnc32)c2ccccc12. The van der Waals surface area contributed by atoms with Crippen LogP contribution in [-0.4, -0.2) is 24.4 Å². The predicted molar refractivity (Wildman–Crippen MR) is 80.8 cm³/mol. The minimum Gasteiger partial charge on any atom is -0.283 e. The average Bonchev–Trinajstić information content (AvgIpc) is 2.97. The normalized spacial score (nSPS) is 11.1. The van der Waals surface area contributed by atoms with Crippen LogP contribution in [0, 0.1) is 10.1 Å². The van der Waals surface area contributed by atoms with Crippen molar-refractivity contribution in [2.24, 2.45) is 0 Å². The number of aromatic nitrogens is 4. The smallest absolute Gasteiger partial charge is 0.277 e. The lowest BCUT2D eigenvalue weighted by atomic mass is 10.1. The van der Waals surface area contributed by atoms with Gasteiger partial charge >= 0.3 is 0 Å². The highest BCUT2D eigenvalue weighted by Gasteiger charge is 2.16. The van der Waals surface area contributed by atoms with Crippen molar-refractivity contribution in [3.05, 3.63) is 65.4 Å².